The van der Waals surface area contributed by atoms with Crippen LogP contribution in [0.3, 0.4) is 0 Å². The van der Waals surface area contributed by atoms with Gasteiger partial charge in [-0.15, -0.1) is 0 Å². The van der Waals surface area contributed by atoms with Crippen LogP contribution in [-0.4, -0.2) is 18.7 Å². The molecule has 1 unspecified atom stereocenters. The summed E-state index contributed by atoms with van der Waals surface area (Å²) in [6.07, 6.45) is 3.64. The smallest absolute Gasteiger partial charge is 0.0828 e. The van der Waals surface area contributed by atoms with Crippen molar-refractivity contribution in [3.05, 3.63) is 35.4 Å². The first-order chi connectivity index (χ1) is 8.56. The highest BCUT2D eigenvalue weighted by Crippen LogP contribution is 2.30. The molecule has 1 aliphatic heterocycles. The summed E-state index contributed by atoms with van der Waals surface area (Å²) in [6.45, 7) is 8.55. The van der Waals surface area contributed by atoms with Gasteiger partial charge in [-0.3, -0.25) is 0 Å². The molecule has 100 valence electrons. The number of hydrogen-bond donors (Lipinski definition) is 1. The monoisotopic (exact) mass is 247 g/mol. The third-order valence-corrected chi connectivity index (χ3v) is 3.39. The summed E-state index contributed by atoms with van der Waals surface area (Å²) in [4.78, 5) is 0. The van der Waals surface area contributed by atoms with Crippen molar-refractivity contribution in [3.63, 3.8) is 0 Å². The van der Waals surface area contributed by atoms with Gasteiger partial charge in [0, 0.05) is 5.54 Å². The Labute approximate surface area is 111 Å². The Hall–Kier alpha value is -0.860. The van der Waals surface area contributed by atoms with Gasteiger partial charge < -0.3 is 10.1 Å². The van der Waals surface area contributed by atoms with Crippen molar-refractivity contribution in [1.29, 1.82) is 0 Å². The lowest BCUT2D eigenvalue weighted by Gasteiger charge is -2.27. The molecule has 0 bridgehead atoms. The van der Waals surface area contributed by atoms with Crippen molar-refractivity contribution >= 4 is 0 Å². The van der Waals surface area contributed by atoms with Gasteiger partial charge in [0.05, 0.1) is 12.7 Å². The van der Waals surface area contributed by atoms with Crippen LogP contribution in [0.15, 0.2) is 24.3 Å². The van der Waals surface area contributed by atoms with Crippen LogP contribution in [0.4, 0.5) is 0 Å². The molecule has 1 N–H and O–H groups in total. The van der Waals surface area contributed by atoms with Gasteiger partial charge in [0.1, 0.15) is 0 Å². The Kier molecular flexibility index (Phi) is 4.41. The maximum absolute atomic E-state index is 5.91. The van der Waals surface area contributed by atoms with E-state index in [1.54, 1.807) is 0 Å². The summed E-state index contributed by atoms with van der Waals surface area (Å²) >= 11 is 0. The molecule has 0 fully saturated rings. The van der Waals surface area contributed by atoms with Crippen LogP contribution < -0.4 is 5.32 Å². The largest absolute Gasteiger partial charge is 0.373 e. The lowest BCUT2D eigenvalue weighted by molar-refractivity contribution is 0.0350. The molecule has 0 radical (unpaired) electrons. The van der Waals surface area contributed by atoms with Crippen molar-refractivity contribution in [1.82, 2.24) is 5.32 Å². The molecule has 0 aliphatic carbocycles. The summed E-state index contributed by atoms with van der Waals surface area (Å²) < 4.78 is 5.91. The second-order valence-electron chi connectivity index (χ2n) is 6.13. The maximum atomic E-state index is 5.91. The first-order valence-corrected chi connectivity index (χ1v) is 7.01. The van der Waals surface area contributed by atoms with Crippen LogP contribution in [0, 0.1) is 0 Å². The van der Waals surface area contributed by atoms with Gasteiger partial charge in [0.15, 0.2) is 0 Å². The first-order valence-electron chi connectivity index (χ1n) is 7.01. The predicted molar refractivity (Wildman–Crippen MR) is 75.8 cm³/mol. The molecule has 0 amide bonds. The van der Waals surface area contributed by atoms with Crippen molar-refractivity contribution < 1.29 is 4.74 Å². The number of rotatable bonds is 4. The third kappa shape index (κ3) is 3.82. The van der Waals surface area contributed by atoms with Crippen molar-refractivity contribution in [2.75, 3.05) is 13.2 Å². The summed E-state index contributed by atoms with van der Waals surface area (Å²) in [5.41, 5.74) is 3.09. The van der Waals surface area contributed by atoms with Gasteiger partial charge in [-0.25, -0.2) is 0 Å². The van der Waals surface area contributed by atoms with Crippen LogP contribution in [0.2, 0.25) is 0 Å². The van der Waals surface area contributed by atoms with Crippen molar-refractivity contribution in [3.8, 4) is 0 Å². The molecule has 1 heterocycles. The van der Waals surface area contributed by atoms with E-state index in [1.807, 2.05) is 0 Å². The molecule has 2 heteroatoms. The molecule has 1 aromatic rings. The van der Waals surface area contributed by atoms with Gasteiger partial charge in [0.2, 0.25) is 0 Å². The number of fused-ring (bicyclic) bond motifs is 1. The van der Waals surface area contributed by atoms with E-state index in [0.29, 0.717) is 6.10 Å². The minimum Gasteiger partial charge on any atom is -0.373 e. The van der Waals surface area contributed by atoms with Crippen LogP contribution in [0.1, 0.15) is 50.8 Å². The standard InChI is InChI=1S/C16H25NO/c1-16(2,3)17-11-6-9-15-14-8-5-4-7-13(14)10-12-18-15/h4-5,7-8,15,17H,6,9-12H2,1-3H3. The quantitative estimate of drug-likeness (QED) is 0.823. The Morgan fingerprint density at radius 2 is 2.06 bits per heavy atom. The zero-order valence-corrected chi connectivity index (χ0v) is 11.8. The van der Waals surface area contributed by atoms with E-state index in [4.69, 9.17) is 4.74 Å². The van der Waals surface area contributed by atoms with E-state index in [-0.39, 0.29) is 5.54 Å². The highest BCUT2D eigenvalue weighted by molar-refractivity contribution is 5.30. The zero-order valence-electron chi connectivity index (χ0n) is 11.8. The lowest BCUT2D eigenvalue weighted by atomic mass is 9.95. The fraction of sp³-hybridized carbons (Fsp3) is 0.625. The summed E-state index contributed by atoms with van der Waals surface area (Å²) in [6, 6.07) is 8.70. The van der Waals surface area contributed by atoms with Crippen molar-refractivity contribution in [2.45, 2.75) is 51.7 Å². The molecule has 0 saturated heterocycles. The minimum absolute atomic E-state index is 0.214. The van der Waals surface area contributed by atoms with E-state index in [1.165, 1.54) is 11.1 Å². The zero-order chi connectivity index (χ0) is 13.0. The molecular weight excluding hydrogens is 222 g/mol. The highest BCUT2D eigenvalue weighted by atomic mass is 16.5. The summed E-state index contributed by atoms with van der Waals surface area (Å²) in [5.74, 6) is 0. The van der Waals surface area contributed by atoms with Crippen LogP contribution in [0.25, 0.3) is 0 Å². The lowest BCUT2D eigenvalue weighted by Crippen LogP contribution is -2.36. The van der Waals surface area contributed by atoms with E-state index in [0.717, 1.165) is 32.4 Å². The molecule has 0 aromatic heterocycles. The van der Waals surface area contributed by atoms with Gasteiger partial charge in [-0.2, -0.15) is 0 Å². The van der Waals surface area contributed by atoms with Crippen LogP contribution in [0.5, 0.6) is 0 Å². The molecule has 1 aliphatic rings. The molecule has 0 spiro atoms. The van der Waals surface area contributed by atoms with Gasteiger partial charge in [-0.05, 0) is 57.7 Å². The molecule has 18 heavy (non-hydrogen) atoms. The molecule has 1 aromatic carbocycles. The number of hydrogen-bond acceptors (Lipinski definition) is 2. The average molecular weight is 247 g/mol. The Balaban J connectivity index is 1.84. The fourth-order valence-corrected chi connectivity index (χ4v) is 2.47. The van der Waals surface area contributed by atoms with Crippen LogP contribution >= 0.6 is 0 Å². The van der Waals surface area contributed by atoms with E-state index < -0.39 is 0 Å². The first kappa shape index (κ1) is 13.6. The van der Waals surface area contributed by atoms with E-state index >= 15 is 0 Å². The fourth-order valence-electron chi connectivity index (χ4n) is 2.47. The van der Waals surface area contributed by atoms with Gasteiger partial charge >= 0.3 is 0 Å². The maximum Gasteiger partial charge on any atom is 0.0828 e. The molecule has 1 atom stereocenters. The summed E-state index contributed by atoms with van der Waals surface area (Å²) in [7, 11) is 0. The normalized spacial score (nSPS) is 19.6. The Bertz CT molecular complexity index is 381. The highest BCUT2D eigenvalue weighted by Gasteiger charge is 2.19. The van der Waals surface area contributed by atoms with Gasteiger partial charge in [-0.1, -0.05) is 24.3 Å². The molecule has 2 rings (SSSR count). The topological polar surface area (TPSA) is 21.3 Å². The Morgan fingerprint density at radius 3 is 2.83 bits per heavy atom. The second-order valence-corrected chi connectivity index (χ2v) is 6.13. The third-order valence-electron chi connectivity index (χ3n) is 3.39. The molecule has 2 nitrogen and oxygen atoms in total. The number of ether oxygens (including phenoxy) is 1. The van der Waals surface area contributed by atoms with Crippen molar-refractivity contribution in [2.24, 2.45) is 0 Å². The number of nitrogens with one attached hydrogen (secondary N) is 1. The van der Waals surface area contributed by atoms with E-state index in [9.17, 15) is 0 Å². The average Bonchev–Trinajstić information content (AvgIpc) is 2.33. The predicted octanol–water partition coefficient (Wildman–Crippen LogP) is 3.47. The molecule has 0 saturated carbocycles. The molecular formula is C16H25NO. The number of benzene rings is 1. The second kappa shape index (κ2) is 5.85. The van der Waals surface area contributed by atoms with Gasteiger partial charge in [0.25, 0.3) is 0 Å². The summed E-state index contributed by atoms with van der Waals surface area (Å²) in [5, 5.41) is 3.53. The minimum atomic E-state index is 0.214. The van der Waals surface area contributed by atoms with Crippen LogP contribution in [-0.2, 0) is 11.2 Å². The SMILES string of the molecule is CC(C)(C)NCCCC1OCCc2ccccc21. The Morgan fingerprint density at radius 1 is 1.28 bits per heavy atom. The van der Waals surface area contributed by atoms with E-state index in [2.05, 4.69) is 50.4 Å².